The molecule has 0 radical (unpaired) electrons. The lowest BCUT2D eigenvalue weighted by Crippen LogP contribution is -2.38. The number of nitrogens with one attached hydrogen (secondary N) is 2. The van der Waals surface area contributed by atoms with Gasteiger partial charge >= 0.3 is 0 Å². The average Bonchev–Trinajstić information content (AvgIpc) is 2.96. The van der Waals surface area contributed by atoms with Crippen LogP contribution in [0.2, 0.25) is 0 Å². The second-order valence-corrected chi connectivity index (χ2v) is 8.64. The summed E-state index contributed by atoms with van der Waals surface area (Å²) in [6, 6.07) is 3.56. The minimum Gasteiger partial charge on any atom is -0.315 e. The van der Waals surface area contributed by atoms with Crippen molar-refractivity contribution in [1.29, 1.82) is 0 Å². The zero-order chi connectivity index (χ0) is 15.3. The predicted octanol–water partition coefficient (Wildman–Crippen LogP) is 1.48. The summed E-state index contributed by atoms with van der Waals surface area (Å²) in [4.78, 5) is 3.45. The molecule has 1 aliphatic rings. The summed E-state index contributed by atoms with van der Waals surface area (Å²) >= 11 is 1.33. The van der Waals surface area contributed by atoms with Gasteiger partial charge in [0, 0.05) is 18.0 Å². The Labute approximate surface area is 131 Å². The number of sulfonamides is 1. The summed E-state index contributed by atoms with van der Waals surface area (Å²) in [6.07, 6.45) is 2.15. The van der Waals surface area contributed by atoms with Crippen LogP contribution in [0.4, 0.5) is 0 Å². The van der Waals surface area contributed by atoms with Crippen LogP contribution in [-0.2, 0) is 16.6 Å². The van der Waals surface area contributed by atoms with Gasteiger partial charge in [-0.05, 0) is 57.6 Å². The fraction of sp³-hybridized carbons (Fsp3) is 0.714. The first kappa shape index (κ1) is 16.9. The van der Waals surface area contributed by atoms with E-state index in [0.29, 0.717) is 23.2 Å². The minimum absolute atomic E-state index is 0.416. The topological polar surface area (TPSA) is 61.4 Å². The Balaban J connectivity index is 1.86. The summed E-state index contributed by atoms with van der Waals surface area (Å²) in [5, 5.41) is 3.03. The number of hydrogen-bond donors (Lipinski definition) is 2. The molecule has 2 rings (SSSR count). The fourth-order valence-electron chi connectivity index (χ4n) is 2.58. The first-order valence-electron chi connectivity index (χ1n) is 7.50. The van der Waals surface area contributed by atoms with E-state index in [9.17, 15) is 8.42 Å². The molecule has 1 aromatic rings. The number of likely N-dealkylation sites (tertiary alicyclic amines) is 1. The molecule has 21 heavy (non-hydrogen) atoms. The normalized spacial score (nSPS) is 18.2. The quantitative estimate of drug-likeness (QED) is 0.794. The fourth-order valence-corrected chi connectivity index (χ4v) is 5.11. The van der Waals surface area contributed by atoms with Gasteiger partial charge in [-0.3, -0.25) is 0 Å². The van der Waals surface area contributed by atoms with E-state index in [1.54, 1.807) is 6.07 Å². The van der Waals surface area contributed by atoms with Crippen molar-refractivity contribution in [2.24, 2.45) is 5.92 Å². The number of piperidine rings is 1. The van der Waals surface area contributed by atoms with Crippen molar-refractivity contribution in [2.75, 3.05) is 33.2 Å². The molecule has 0 aliphatic carbocycles. The van der Waals surface area contributed by atoms with Crippen LogP contribution < -0.4 is 10.0 Å². The Morgan fingerprint density at radius 1 is 1.33 bits per heavy atom. The van der Waals surface area contributed by atoms with E-state index in [0.717, 1.165) is 37.4 Å². The molecule has 0 bridgehead atoms. The first-order valence-corrected chi connectivity index (χ1v) is 9.80. The highest BCUT2D eigenvalue weighted by Crippen LogP contribution is 2.22. The van der Waals surface area contributed by atoms with E-state index in [2.05, 4.69) is 21.9 Å². The molecule has 5 nitrogen and oxygen atoms in total. The number of rotatable bonds is 7. The highest BCUT2D eigenvalue weighted by atomic mass is 32.2. The highest BCUT2D eigenvalue weighted by molar-refractivity contribution is 7.91. The molecule has 7 heteroatoms. The van der Waals surface area contributed by atoms with E-state index in [4.69, 9.17) is 0 Å². The van der Waals surface area contributed by atoms with Crippen LogP contribution in [-0.4, -0.2) is 46.5 Å². The maximum Gasteiger partial charge on any atom is 0.250 e. The Bertz CT molecular complexity index is 534. The van der Waals surface area contributed by atoms with Crippen LogP contribution in [0.25, 0.3) is 0 Å². The summed E-state index contributed by atoms with van der Waals surface area (Å²) in [5.41, 5.74) is 0. The summed E-state index contributed by atoms with van der Waals surface area (Å²) < 4.78 is 27.8. The van der Waals surface area contributed by atoms with Crippen molar-refractivity contribution in [1.82, 2.24) is 14.9 Å². The van der Waals surface area contributed by atoms with Crippen LogP contribution in [0.3, 0.4) is 0 Å². The molecule has 2 heterocycles. The Morgan fingerprint density at radius 3 is 2.67 bits per heavy atom. The Hall–Kier alpha value is -0.470. The van der Waals surface area contributed by atoms with Crippen molar-refractivity contribution in [3.8, 4) is 0 Å². The van der Waals surface area contributed by atoms with E-state index in [1.807, 2.05) is 13.1 Å². The maximum absolute atomic E-state index is 12.3. The van der Waals surface area contributed by atoms with E-state index in [1.165, 1.54) is 11.3 Å². The van der Waals surface area contributed by atoms with Crippen LogP contribution >= 0.6 is 11.3 Å². The largest absolute Gasteiger partial charge is 0.315 e. The standard InChI is InChI=1S/C14H25N3O2S2/c1-3-17-8-6-12(7-9-17)10-16-21(18,19)14-5-4-13(20-14)11-15-2/h4-5,12,15-16H,3,6-11H2,1-2H3. The SMILES string of the molecule is CCN1CCC(CNS(=O)(=O)c2ccc(CNC)s2)CC1. The van der Waals surface area contributed by atoms with Crippen LogP contribution in [0.5, 0.6) is 0 Å². The summed E-state index contributed by atoms with van der Waals surface area (Å²) in [6.45, 7) is 6.67. The monoisotopic (exact) mass is 331 g/mol. The van der Waals surface area contributed by atoms with E-state index >= 15 is 0 Å². The van der Waals surface area contributed by atoms with Gasteiger partial charge in [-0.15, -0.1) is 11.3 Å². The summed E-state index contributed by atoms with van der Waals surface area (Å²) in [7, 11) is -1.49. The van der Waals surface area contributed by atoms with Gasteiger partial charge in [-0.2, -0.15) is 0 Å². The van der Waals surface area contributed by atoms with Crippen molar-refractivity contribution < 1.29 is 8.42 Å². The van der Waals surface area contributed by atoms with Crippen molar-refractivity contribution in [2.45, 2.75) is 30.5 Å². The predicted molar refractivity (Wildman–Crippen MR) is 87.1 cm³/mol. The van der Waals surface area contributed by atoms with Crippen molar-refractivity contribution in [3.63, 3.8) is 0 Å². The van der Waals surface area contributed by atoms with Crippen LogP contribution in [0, 0.1) is 5.92 Å². The van der Waals surface area contributed by atoms with Gasteiger partial charge in [0.2, 0.25) is 10.0 Å². The molecule has 1 aliphatic heterocycles. The molecular formula is C14H25N3O2S2. The molecule has 1 saturated heterocycles. The van der Waals surface area contributed by atoms with Crippen LogP contribution in [0.1, 0.15) is 24.6 Å². The minimum atomic E-state index is -3.35. The molecule has 2 N–H and O–H groups in total. The third kappa shape index (κ3) is 4.75. The molecule has 1 fully saturated rings. The van der Waals surface area contributed by atoms with Gasteiger partial charge < -0.3 is 10.2 Å². The molecule has 0 aromatic carbocycles. The smallest absolute Gasteiger partial charge is 0.250 e. The Kier molecular flexibility index (Phi) is 6.19. The lowest BCUT2D eigenvalue weighted by molar-refractivity contribution is 0.194. The summed E-state index contributed by atoms with van der Waals surface area (Å²) in [5.74, 6) is 0.458. The van der Waals surface area contributed by atoms with Gasteiger partial charge in [0.15, 0.2) is 0 Å². The third-order valence-electron chi connectivity index (χ3n) is 3.97. The molecular weight excluding hydrogens is 306 g/mol. The lowest BCUT2D eigenvalue weighted by Gasteiger charge is -2.30. The van der Waals surface area contributed by atoms with Crippen molar-refractivity contribution in [3.05, 3.63) is 17.0 Å². The van der Waals surface area contributed by atoms with Gasteiger partial charge in [-0.25, -0.2) is 13.1 Å². The van der Waals surface area contributed by atoms with Gasteiger partial charge in [0.25, 0.3) is 0 Å². The number of hydrogen-bond acceptors (Lipinski definition) is 5. The van der Waals surface area contributed by atoms with Crippen molar-refractivity contribution >= 4 is 21.4 Å². The van der Waals surface area contributed by atoms with E-state index < -0.39 is 10.0 Å². The first-order chi connectivity index (χ1) is 10.0. The number of thiophene rings is 1. The second-order valence-electron chi connectivity index (χ2n) is 5.48. The molecule has 0 spiro atoms. The molecule has 0 atom stereocenters. The van der Waals surface area contributed by atoms with Gasteiger partial charge in [0.1, 0.15) is 4.21 Å². The third-order valence-corrected chi connectivity index (χ3v) is 6.97. The molecule has 0 unspecified atom stereocenters. The highest BCUT2D eigenvalue weighted by Gasteiger charge is 2.22. The molecule has 0 amide bonds. The average molecular weight is 332 g/mol. The Morgan fingerprint density at radius 2 is 2.05 bits per heavy atom. The van der Waals surface area contributed by atoms with E-state index in [-0.39, 0.29) is 0 Å². The lowest BCUT2D eigenvalue weighted by atomic mass is 9.97. The molecule has 120 valence electrons. The molecule has 0 saturated carbocycles. The molecule has 1 aromatic heterocycles. The van der Waals surface area contributed by atoms with Gasteiger partial charge in [-0.1, -0.05) is 6.92 Å². The zero-order valence-corrected chi connectivity index (χ0v) is 14.4. The zero-order valence-electron chi connectivity index (χ0n) is 12.8. The number of nitrogens with zero attached hydrogens (tertiary/aromatic N) is 1. The maximum atomic E-state index is 12.3. The van der Waals surface area contributed by atoms with Gasteiger partial charge in [0.05, 0.1) is 0 Å². The second kappa shape index (κ2) is 7.69. The van der Waals surface area contributed by atoms with Crippen LogP contribution in [0.15, 0.2) is 16.3 Å².